The molecule has 0 aliphatic carbocycles. The van der Waals surface area contributed by atoms with Gasteiger partial charge in [0, 0.05) is 12.1 Å². The molecule has 0 amide bonds. The standard InChI is InChI=1S/C12H19NO3/c1-12(2,3)10-7(9(15)6-13)4-5-8(14)11(10)16/h4-5,9,14-16H,6,13H2,1-3H3/t9-/m1/s1. The molecule has 0 fully saturated rings. The summed E-state index contributed by atoms with van der Waals surface area (Å²) >= 11 is 0. The highest BCUT2D eigenvalue weighted by molar-refractivity contribution is 5.52. The van der Waals surface area contributed by atoms with Crippen molar-refractivity contribution >= 4 is 0 Å². The van der Waals surface area contributed by atoms with Crippen LogP contribution in [0.3, 0.4) is 0 Å². The number of aliphatic hydroxyl groups is 1. The predicted octanol–water partition coefficient (Wildman–Crippen LogP) is 1.39. The molecule has 0 radical (unpaired) electrons. The number of rotatable bonds is 2. The molecule has 0 bridgehead atoms. The van der Waals surface area contributed by atoms with Crippen LogP contribution in [0.5, 0.6) is 11.5 Å². The third-order valence-electron chi connectivity index (χ3n) is 2.52. The molecular weight excluding hydrogens is 206 g/mol. The lowest BCUT2D eigenvalue weighted by molar-refractivity contribution is 0.183. The van der Waals surface area contributed by atoms with E-state index < -0.39 is 6.10 Å². The van der Waals surface area contributed by atoms with Crippen molar-refractivity contribution in [2.24, 2.45) is 5.73 Å². The van der Waals surface area contributed by atoms with Gasteiger partial charge in [-0.2, -0.15) is 0 Å². The van der Waals surface area contributed by atoms with Gasteiger partial charge in [-0.25, -0.2) is 0 Å². The van der Waals surface area contributed by atoms with E-state index in [0.29, 0.717) is 11.1 Å². The van der Waals surface area contributed by atoms with Crippen molar-refractivity contribution in [3.63, 3.8) is 0 Å². The largest absolute Gasteiger partial charge is 0.504 e. The van der Waals surface area contributed by atoms with Crippen molar-refractivity contribution < 1.29 is 15.3 Å². The Kier molecular flexibility index (Phi) is 3.45. The fourth-order valence-electron chi connectivity index (χ4n) is 1.79. The van der Waals surface area contributed by atoms with Gasteiger partial charge in [-0.05, 0) is 17.0 Å². The molecule has 0 saturated carbocycles. The lowest BCUT2D eigenvalue weighted by Crippen LogP contribution is -2.20. The van der Waals surface area contributed by atoms with Gasteiger partial charge >= 0.3 is 0 Å². The van der Waals surface area contributed by atoms with Crippen molar-refractivity contribution in [3.05, 3.63) is 23.3 Å². The second kappa shape index (κ2) is 4.31. The summed E-state index contributed by atoms with van der Waals surface area (Å²) in [6.07, 6.45) is -0.833. The minimum Gasteiger partial charge on any atom is -0.504 e. The molecule has 16 heavy (non-hydrogen) atoms. The van der Waals surface area contributed by atoms with Gasteiger partial charge in [0.2, 0.25) is 0 Å². The maximum Gasteiger partial charge on any atom is 0.161 e. The molecule has 0 saturated heterocycles. The Labute approximate surface area is 95.3 Å². The number of benzene rings is 1. The summed E-state index contributed by atoms with van der Waals surface area (Å²) in [4.78, 5) is 0. The zero-order valence-corrected chi connectivity index (χ0v) is 9.86. The van der Waals surface area contributed by atoms with Crippen LogP contribution in [0, 0.1) is 0 Å². The maximum atomic E-state index is 9.86. The quantitative estimate of drug-likeness (QED) is 0.573. The molecule has 5 N–H and O–H groups in total. The van der Waals surface area contributed by atoms with Gasteiger partial charge in [0.05, 0.1) is 6.10 Å². The van der Waals surface area contributed by atoms with E-state index in [1.54, 1.807) is 6.07 Å². The van der Waals surface area contributed by atoms with Gasteiger partial charge in [0.1, 0.15) is 0 Å². The lowest BCUT2D eigenvalue weighted by atomic mass is 9.81. The molecule has 90 valence electrons. The fraction of sp³-hybridized carbons (Fsp3) is 0.500. The molecule has 1 rings (SSSR count). The van der Waals surface area contributed by atoms with Crippen molar-refractivity contribution in [2.75, 3.05) is 6.54 Å². The average Bonchev–Trinajstić information content (AvgIpc) is 2.18. The van der Waals surface area contributed by atoms with E-state index in [0.717, 1.165) is 0 Å². The Morgan fingerprint density at radius 2 is 1.81 bits per heavy atom. The Morgan fingerprint density at radius 1 is 1.25 bits per heavy atom. The third-order valence-corrected chi connectivity index (χ3v) is 2.52. The summed E-state index contributed by atoms with van der Waals surface area (Å²) in [7, 11) is 0. The van der Waals surface area contributed by atoms with E-state index in [-0.39, 0.29) is 23.5 Å². The molecule has 0 aliphatic heterocycles. The first-order valence-electron chi connectivity index (χ1n) is 5.22. The predicted molar refractivity (Wildman–Crippen MR) is 62.5 cm³/mol. The van der Waals surface area contributed by atoms with Gasteiger partial charge < -0.3 is 21.1 Å². The molecule has 0 aliphatic rings. The summed E-state index contributed by atoms with van der Waals surface area (Å²) in [5.41, 5.74) is 6.12. The molecule has 4 nitrogen and oxygen atoms in total. The van der Waals surface area contributed by atoms with Crippen LogP contribution in [0.25, 0.3) is 0 Å². The van der Waals surface area contributed by atoms with Crippen molar-refractivity contribution in [2.45, 2.75) is 32.3 Å². The van der Waals surface area contributed by atoms with Gasteiger partial charge in [-0.15, -0.1) is 0 Å². The molecule has 1 aromatic carbocycles. The Hall–Kier alpha value is -1.26. The van der Waals surface area contributed by atoms with Gasteiger partial charge in [-0.1, -0.05) is 26.8 Å². The van der Waals surface area contributed by atoms with E-state index >= 15 is 0 Å². The molecule has 4 heteroatoms. The number of phenols is 2. The fourth-order valence-corrected chi connectivity index (χ4v) is 1.79. The van der Waals surface area contributed by atoms with Gasteiger partial charge in [0.25, 0.3) is 0 Å². The number of phenolic OH excluding ortho intramolecular Hbond substituents is 2. The van der Waals surface area contributed by atoms with Crippen LogP contribution >= 0.6 is 0 Å². The molecular formula is C12H19NO3. The van der Waals surface area contributed by atoms with E-state index in [1.807, 2.05) is 20.8 Å². The molecule has 0 aromatic heterocycles. The number of hydrogen-bond donors (Lipinski definition) is 4. The summed E-state index contributed by atoms with van der Waals surface area (Å²) < 4.78 is 0. The molecule has 1 aromatic rings. The van der Waals surface area contributed by atoms with Crippen LogP contribution < -0.4 is 5.73 Å². The third kappa shape index (κ3) is 2.28. The summed E-state index contributed by atoms with van der Waals surface area (Å²) in [6.45, 7) is 5.77. The monoisotopic (exact) mass is 225 g/mol. The number of nitrogens with two attached hydrogens (primary N) is 1. The Morgan fingerprint density at radius 3 is 2.25 bits per heavy atom. The minimum atomic E-state index is -0.833. The van der Waals surface area contributed by atoms with Gasteiger partial charge in [0.15, 0.2) is 11.5 Å². The van der Waals surface area contributed by atoms with Crippen LogP contribution in [-0.2, 0) is 5.41 Å². The molecule has 0 spiro atoms. The normalized spacial score (nSPS) is 13.8. The molecule has 1 atom stereocenters. The highest BCUT2D eigenvalue weighted by Crippen LogP contribution is 2.41. The van der Waals surface area contributed by atoms with E-state index in [9.17, 15) is 15.3 Å². The van der Waals surface area contributed by atoms with Crippen LogP contribution in [0.4, 0.5) is 0 Å². The second-order valence-electron chi connectivity index (χ2n) is 4.90. The minimum absolute atomic E-state index is 0.0767. The Balaban J connectivity index is 3.45. The van der Waals surface area contributed by atoms with Crippen LogP contribution in [-0.4, -0.2) is 21.9 Å². The smallest absolute Gasteiger partial charge is 0.161 e. The summed E-state index contributed by atoms with van der Waals surface area (Å²) in [5.74, 6) is -0.365. The average molecular weight is 225 g/mol. The maximum absolute atomic E-state index is 9.86. The highest BCUT2D eigenvalue weighted by atomic mass is 16.3. The number of aliphatic hydroxyl groups excluding tert-OH is 1. The Bertz CT molecular complexity index is 383. The zero-order chi connectivity index (χ0) is 12.5. The van der Waals surface area contributed by atoms with Crippen LogP contribution in [0.2, 0.25) is 0 Å². The first-order chi connectivity index (χ1) is 7.29. The SMILES string of the molecule is CC(C)(C)c1c([C@H](O)CN)ccc(O)c1O. The second-order valence-corrected chi connectivity index (χ2v) is 4.90. The zero-order valence-electron chi connectivity index (χ0n) is 9.86. The van der Waals surface area contributed by atoms with E-state index in [1.165, 1.54) is 6.07 Å². The number of aromatic hydroxyl groups is 2. The van der Waals surface area contributed by atoms with E-state index in [2.05, 4.69) is 0 Å². The van der Waals surface area contributed by atoms with Crippen molar-refractivity contribution in [1.29, 1.82) is 0 Å². The lowest BCUT2D eigenvalue weighted by Gasteiger charge is -2.26. The first-order valence-corrected chi connectivity index (χ1v) is 5.22. The first kappa shape index (κ1) is 12.8. The summed E-state index contributed by atoms with van der Waals surface area (Å²) in [6, 6.07) is 2.95. The molecule has 0 heterocycles. The molecule has 0 unspecified atom stereocenters. The summed E-state index contributed by atoms with van der Waals surface area (Å²) in [5, 5.41) is 29.1. The van der Waals surface area contributed by atoms with Gasteiger partial charge in [-0.3, -0.25) is 0 Å². The van der Waals surface area contributed by atoms with Crippen molar-refractivity contribution in [1.82, 2.24) is 0 Å². The van der Waals surface area contributed by atoms with Crippen molar-refractivity contribution in [3.8, 4) is 11.5 Å². The topological polar surface area (TPSA) is 86.7 Å². The van der Waals surface area contributed by atoms with Crippen LogP contribution in [0.1, 0.15) is 38.0 Å². The highest BCUT2D eigenvalue weighted by Gasteiger charge is 2.26. The van der Waals surface area contributed by atoms with E-state index in [4.69, 9.17) is 5.73 Å². The van der Waals surface area contributed by atoms with Crippen LogP contribution in [0.15, 0.2) is 12.1 Å². The number of hydrogen-bond acceptors (Lipinski definition) is 4.